The number of halogens is 3. The summed E-state index contributed by atoms with van der Waals surface area (Å²) >= 11 is 0. The number of hydrogen-bond donors (Lipinski definition) is 2. The van der Waals surface area contributed by atoms with Crippen LogP contribution in [0.5, 0.6) is 0 Å². The Kier molecular flexibility index (Phi) is 6.68. The number of carbonyl (C=O) groups is 1. The molecule has 0 bridgehead atoms. The van der Waals surface area contributed by atoms with Gasteiger partial charge in [-0.15, -0.1) is 0 Å². The molecule has 0 aromatic heterocycles. The lowest BCUT2D eigenvalue weighted by atomic mass is 10.0. The predicted molar refractivity (Wildman–Crippen MR) is 75.8 cm³/mol. The lowest BCUT2D eigenvalue weighted by molar-refractivity contribution is -0.140. The molecule has 0 heterocycles. The van der Waals surface area contributed by atoms with Gasteiger partial charge < -0.3 is 10.6 Å². The summed E-state index contributed by atoms with van der Waals surface area (Å²) in [5.41, 5.74) is 0.569. The first-order valence-corrected chi connectivity index (χ1v) is 6.92. The Bertz CT molecular complexity index is 432. The molecular weight excluding hydrogens is 281 g/mol. The van der Waals surface area contributed by atoms with E-state index in [1.807, 2.05) is 13.8 Å². The van der Waals surface area contributed by atoms with E-state index in [4.69, 9.17) is 0 Å². The van der Waals surface area contributed by atoms with Crippen molar-refractivity contribution in [2.75, 3.05) is 6.54 Å². The smallest absolute Gasteiger partial charge is 0.354 e. The van der Waals surface area contributed by atoms with Crippen LogP contribution < -0.4 is 10.6 Å². The molecular formula is C15H21F3N2O. The third kappa shape index (κ3) is 7.70. The molecule has 21 heavy (non-hydrogen) atoms. The van der Waals surface area contributed by atoms with E-state index >= 15 is 0 Å². The van der Waals surface area contributed by atoms with Gasteiger partial charge in [0.2, 0.25) is 5.91 Å². The van der Waals surface area contributed by atoms with Crippen molar-refractivity contribution in [3.05, 3.63) is 35.9 Å². The van der Waals surface area contributed by atoms with Gasteiger partial charge in [-0.25, -0.2) is 0 Å². The zero-order chi connectivity index (χ0) is 15.9. The first-order valence-electron chi connectivity index (χ1n) is 6.92. The summed E-state index contributed by atoms with van der Waals surface area (Å²) in [7, 11) is 0. The maximum atomic E-state index is 12.6. The highest BCUT2D eigenvalue weighted by molar-refractivity contribution is 5.76. The van der Waals surface area contributed by atoms with Crippen LogP contribution in [0.3, 0.4) is 0 Å². The van der Waals surface area contributed by atoms with Crippen LogP contribution in [0.2, 0.25) is 0 Å². The Morgan fingerprint density at radius 3 is 2.33 bits per heavy atom. The number of benzene rings is 1. The van der Waals surface area contributed by atoms with E-state index < -0.39 is 18.6 Å². The highest BCUT2D eigenvalue weighted by Crippen LogP contribution is 2.29. The topological polar surface area (TPSA) is 41.1 Å². The minimum atomic E-state index is -4.26. The van der Waals surface area contributed by atoms with Crippen molar-refractivity contribution in [1.29, 1.82) is 0 Å². The number of amides is 1. The molecule has 1 amide bonds. The van der Waals surface area contributed by atoms with Gasteiger partial charge in [0.1, 0.15) is 0 Å². The SMILES string of the molecule is CC(C)NC(=O)CCNC(CC(F)(F)F)c1ccccc1. The van der Waals surface area contributed by atoms with E-state index in [9.17, 15) is 18.0 Å². The molecule has 1 atom stereocenters. The van der Waals surface area contributed by atoms with Gasteiger partial charge >= 0.3 is 6.18 Å². The van der Waals surface area contributed by atoms with Gasteiger partial charge in [-0.1, -0.05) is 30.3 Å². The van der Waals surface area contributed by atoms with Crippen molar-refractivity contribution in [1.82, 2.24) is 10.6 Å². The Morgan fingerprint density at radius 1 is 1.19 bits per heavy atom. The number of rotatable bonds is 7. The van der Waals surface area contributed by atoms with Gasteiger partial charge in [-0.05, 0) is 19.4 Å². The van der Waals surface area contributed by atoms with E-state index in [0.29, 0.717) is 5.56 Å². The van der Waals surface area contributed by atoms with Gasteiger partial charge in [0.05, 0.1) is 6.42 Å². The molecule has 0 fully saturated rings. The number of alkyl halides is 3. The fraction of sp³-hybridized carbons (Fsp3) is 0.533. The number of hydrogen-bond acceptors (Lipinski definition) is 2. The minimum absolute atomic E-state index is 0.0256. The Hall–Kier alpha value is -1.56. The van der Waals surface area contributed by atoms with E-state index in [0.717, 1.165) is 0 Å². The van der Waals surface area contributed by atoms with Crippen LogP contribution in [-0.2, 0) is 4.79 Å². The van der Waals surface area contributed by atoms with Crippen molar-refractivity contribution >= 4 is 5.91 Å². The third-order valence-electron chi connectivity index (χ3n) is 2.83. The predicted octanol–water partition coefficient (Wildman–Crippen LogP) is 3.18. The van der Waals surface area contributed by atoms with E-state index in [1.54, 1.807) is 30.3 Å². The average Bonchev–Trinajstić information content (AvgIpc) is 2.36. The molecule has 1 aromatic rings. The van der Waals surface area contributed by atoms with Crippen molar-refractivity contribution in [2.45, 2.75) is 44.9 Å². The molecule has 3 nitrogen and oxygen atoms in total. The molecule has 0 aliphatic carbocycles. The summed E-state index contributed by atoms with van der Waals surface area (Å²) in [6, 6.07) is 7.65. The Balaban J connectivity index is 2.56. The minimum Gasteiger partial charge on any atom is -0.354 e. The molecule has 0 radical (unpaired) electrons. The molecule has 1 unspecified atom stereocenters. The summed E-state index contributed by atoms with van der Waals surface area (Å²) in [5, 5.41) is 5.52. The zero-order valence-corrected chi connectivity index (χ0v) is 12.2. The van der Waals surface area contributed by atoms with Crippen LogP contribution in [0, 0.1) is 0 Å². The Morgan fingerprint density at radius 2 is 1.81 bits per heavy atom. The summed E-state index contributed by atoms with van der Waals surface area (Å²) in [6.07, 6.45) is -5.06. The van der Waals surface area contributed by atoms with Crippen LogP contribution in [0.15, 0.2) is 30.3 Å². The monoisotopic (exact) mass is 302 g/mol. The Labute approximate surface area is 122 Å². The first kappa shape index (κ1) is 17.5. The summed E-state index contributed by atoms with van der Waals surface area (Å²) in [5.74, 6) is -0.170. The van der Waals surface area contributed by atoms with Crippen molar-refractivity contribution < 1.29 is 18.0 Å². The van der Waals surface area contributed by atoms with Crippen LogP contribution in [-0.4, -0.2) is 24.7 Å². The third-order valence-corrected chi connectivity index (χ3v) is 2.83. The second-order valence-electron chi connectivity index (χ2n) is 5.21. The van der Waals surface area contributed by atoms with Crippen LogP contribution in [0.25, 0.3) is 0 Å². The lowest BCUT2D eigenvalue weighted by Gasteiger charge is -2.21. The second kappa shape index (κ2) is 8.02. The molecule has 0 aliphatic heterocycles. The largest absolute Gasteiger partial charge is 0.390 e. The van der Waals surface area contributed by atoms with Gasteiger partial charge in [0.25, 0.3) is 0 Å². The highest BCUT2D eigenvalue weighted by atomic mass is 19.4. The summed E-state index contributed by atoms with van der Waals surface area (Å²) in [6.45, 7) is 3.87. The molecule has 1 aromatic carbocycles. The quantitative estimate of drug-likeness (QED) is 0.812. The van der Waals surface area contributed by atoms with Crippen molar-refractivity contribution in [2.24, 2.45) is 0 Å². The molecule has 118 valence electrons. The molecule has 0 aliphatic rings. The van der Waals surface area contributed by atoms with Crippen LogP contribution in [0.4, 0.5) is 13.2 Å². The van der Waals surface area contributed by atoms with Gasteiger partial charge in [0, 0.05) is 25.0 Å². The van der Waals surface area contributed by atoms with Crippen molar-refractivity contribution in [3.63, 3.8) is 0 Å². The fourth-order valence-corrected chi connectivity index (χ4v) is 1.98. The van der Waals surface area contributed by atoms with E-state index in [2.05, 4.69) is 10.6 Å². The molecule has 0 saturated heterocycles. The normalized spacial score (nSPS) is 13.2. The molecule has 6 heteroatoms. The lowest BCUT2D eigenvalue weighted by Crippen LogP contribution is -2.34. The number of nitrogens with one attached hydrogen (secondary N) is 2. The average molecular weight is 302 g/mol. The number of carbonyl (C=O) groups excluding carboxylic acids is 1. The highest BCUT2D eigenvalue weighted by Gasteiger charge is 2.32. The zero-order valence-electron chi connectivity index (χ0n) is 12.2. The van der Waals surface area contributed by atoms with Gasteiger partial charge in [0.15, 0.2) is 0 Å². The maximum absolute atomic E-state index is 12.6. The standard InChI is InChI=1S/C15H21F3N2O/c1-11(2)20-14(21)8-9-19-13(10-15(16,17)18)12-6-4-3-5-7-12/h3-7,11,13,19H,8-10H2,1-2H3,(H,20,21). The summed E-state index contributed by atoms with van der Waals surface area (Å²) in [4.78, 5) is 11.5. The summed E-state index contributed by atoms with van der Waals surface area (Å²) < 4.78 is 37.9. The van der Waals surface area contributed by atoms with E-state index in [-0.39, 0.29) is 24.9 Å². The van der Waals surface area contributed by atoms with E-state index in [1.165, 1.54) is 0 Å². The maximum Gasteiger partial charge on any atom is 0.390 e. The van der Waals surface area contributed by atoms with Gasteiger partial charge in [-0.3, -0.25) is 4.79 Å². The molecule has 2 N–H and O–H groups in total. The first-order chi connectivity index (χ1) is 9.78. The van der Waals surface area contributed by atoms with Crippen molar-refractivity contribution in [3.8, 4) is 0 Å². The molecule has 0 spiro atoms. The molecule has 0 saturated carbocycles. The fourth-order valence-electron chi connectivity index (χ4n) is 1.98. The second-order valence-corrected chi connectivity index (χ2v) is 5.21. The van der Waals surface area contributed by atoms with Gasteiger partial charge in [-0.2, -0.15) is 13.2 Å². The molecule has 1 rings (SSSR count). The van der Waals surface area contributed by atoms with Crippen LogP contribution in [0.1, 0.15) is 38.3 Å². The van der Waals surface area contributed by atoms with Crippen LogP contribution >= 0.6 is 0 Å².